The fourth-order valence-corrected chi connectivity index (χ4v) is 1.47. The molecule has 0 fully saturated rings. The van der Waals surface area contributed by atoms with Gasteiger partial charge in [-0.05, 0) is 6.26 Å². The molecule has 1 aromatic rings. The van der Waals surface area contributed by atoms with E-state index in [0.717, 1.165) is 18.1 Å². The van der Waals surface area contributed by atoms with Crippen LogP contribution < -0.4 is 4.90 Å². The monoisotopic (exact) mass is 217 g/mol. The Morgan fingerprint density at radius 3 is 2.92 bits per heavy atom. The standard InChI is InChI=1S/C8H12ClN3S/c1-12(3-4-13-2)8-5-7(9)10-6-11-8/h5-6H,3-4H2,1-2H3. The van der Waals surface area contributed by atoms with E-state index in [1.54, 1.807) is 6.07 Å². The van der Waals surface area contributed by atoms with E-state index < -0.39 is 0 Å². The molecule has 0 spiro atoms. The first-order valence-corrected chi connectivity index (χ1v) is 5.69. The molecule has 0 atom stereocenters. The van der Waals surface area contributed by atoms with Gasteiger partial charge in [0.1, 0.15) is 17.3 Å². The van der Waals surface area contributed by atoms with Crippen molar-refractivity contribution >= 4 is 29.2 Å². The Morgan fingerprint density at radius 2 is 2.31 bits per heavy atom. The minimum atomic E-state index is 0.487. The highest BCUT2D eigenvalue weighted by Crippen LogP contribution is 2.12. The molecule has 0 unspecified atom stereocenters. The van der Waals surface area contributed by atoms with Gasteiger partial charge in [0.2, 0.25) is 0 Å². The second-order valence-electron chi connectivity index (χ2n) is 2.61. The normalized spacial score (nSPS) is 10.1. The molecule has 0 saturated heterocycles. The van der Waals surface area contributed by atoms with Gasteiger partial charge in [-0.15, -0.1) is 0 Å². The Morgan fingerprint density at radius 1 is 1.54 bits per heavy atom. The van der Waals surface area contributed by atoms with Gasteiger partial charge in [-0.3, -0.25) is 0 Å². The molecular weight excluding hydrogens is 206 g/mol. The van der Waals surface area contributed by atoms with Gasteiger partial charge >= 0.3 is 0 Å². The lowest BCUT2D eigenvalue weighted by Gasteiger charge is -2.16. The zero-order valence-corrected chi connectivity index (χ0v) is 9.27. The molecule has 5 heteroatoms. The molecule has 0 radical (unpaired) electrons. The van der Waals surface area contributed by atoms with E-state index in [1.807, 2.05) is 18.8 Å². The van der Waals surface area contributed by atoms with Crippen molar-refractivity contribution in [3.05, 3.63) is 17.5 Å². The summed E-state index contributed by atoms with van der Waals surface area (Å²) in [6.45, 7) is 0.967. The van der Waals surface area contributed by atoms with Crippen LogP contribution in [0, 0.1) is 0 Å². The van der Waals surface area contributed by atoms with Gasteiger partial charge in [0.15, 0.2) is 0 Å². The van der Waals surface area contributed by atoms with E-state index in [1.165, 1.54) is 6.33 Å². The fourth-order valence-electron chi connectivity index (χ4n) is 0.876. The molecule has 1 rings (SSSR count). The van der Waals surface area contributed by atoms with Crippen molar-refractivity contribution in [3.63, 3.8) is 0 Å². The molecular formula is C8H12ClN3S. The third-order valence-electron chi connectivity index (χ3n) is 1.64. The summed E-state index contributed by atoms with van der Waals surface area (Å²) < 4.78 is 0. The highest BCUT2D eigenvalue weighted by molar-refractivity contribution is 7.98. The smallest absolute Gasteiger partial charge is 0.134 e. The minimum Gasteiger partial charge on any atom is -0.359 e. The van der Waals surface area contributed by atoms with E-state index in [9.17, 15) is 0 Å². The van der Waals surface area contributed by atoms with E-state index in [4.69, 9.17) is 11.6 Å². The van der Waals surface area contributed by atoms with Gasteiger partial charge in [-0.25, -0.2) is 9.97 Å². The molecule has 3 nitrogen and oxygen atoms in total. The van der Waals surface area contributed by atoms with Crippen molar-refractivity contribution in [2.75, 3.05) is 30.5 Å². The maximum absolute atomic E-state index is 5.74. The van der Waals surface area contributed by atoms with Crippen LogP contribution in [-0.2, 0) is 0 Å². The van der Waals surface area contributed by atoms with Crippen LogP contribution >= 0.6 is 23.4 Å². The Balaban J connectivity index is 2.60. The Bertz CT molecular complexity index is 269. The largest absolute Gasteiger partial charge is 0.359 e. The van der Waals surface area contributed by atoms with Gasteiger partial charge in [-0.1, -0.05) is 11.6 Å². The zero-order valence-electron chi connectivity index (χ0n) is 7.70. The molecule has 0 amide bonds. The van der Waals surface area contributed by atoms with Crippen LogP contribution in [0.15, 0.2) is 12.4 Å². The number of rotatable bonds is 4. The number of thioether (sulfide) groups is 1. The van der Waals surface area contributed by atoms with Gasteiger partial charge in [0.05, 0.1) is 0 Å². The lowest BCUT2D eigenvalue weighted by molar-refractivity contribution is 0.936. The maximum Gasteiger partial charge on any atom is 0.134 e. The third-order valence-corrected chi connectivity index (χ3v) is 2.44. The van der Waals surface area contributed by atoms with Crippen molar-refractivity contribution in [2.24, 2.45) is 0 Å². The summed E-state index contributed by atoms with van der Waals surface area (Å²) in [5, 5.41) is 0.487. The molecule has 0 aliphatic heterocycles. The molecule has 0 aromatic carbocycles. The molecule has 0 aliphatic rings. The van der Waals surface area contributed by atoms with E-state index in [2.05, 4.69) is 21.1 Å². The van der Waals surface area contributed by atoms with Crippen molar-refractivity contribution in [1.29, 1.82) is 0 Å². The molecule has 72 valence electrons. The van der Waals surface area contributed by atoms with Crippen LogP contribution in [0.3, 0.4) is 0 Å². The molecule has 1 heterocycles. The molecule has 13 heavy (non-hydrogen) atoms. The van der Waals surface area contributed by atoms with Gasteiger partial charge in [0.25, 0.3) is 0 Å². The number of aromatic nitrogens is 2. The highest BCUT2D eigenvalue weighted by Gasteiger charge is 2.01. The van der Waals surface area contributed by atoms with Gasteiger partial charge < -0.3 is 4.90 Å². The second-order valence-corrected chi connectivity index (χ2v) is 3.99. The van der Waals surface area contributed by atoms with Crippen LogP contribution in [-0.4, -0.2) is 35.6 Å². The lowest BCUT2D eigenvalue weighted by Crippen LogP contribution is -2.21. The summed E-state index contributed by atoms with van der Waals surface area (Å²) in [5.41, 5.74) is 0. The van der Waals surface area contributed by atoms with Crippen molar-refractivity contribution < 1.29 is 0 Å². The summed E-state index contributed by atoms with van der Waals surface area (Å²) in [6, 6.07) is 1.77. The van der Waals surface area contributed by atoms with Crippen LogP contribution in [0.25, 0.3) is 0 Å². The second kappa shape index (κ2) is 5.29. The summed E-state index contributed by atoms with van der Waals surface area (Å²) in [7, 11) is 1.99. The molecule has 0 N–H and O–H groups in total. The molecule has 0 aliphatic carbocycles. The minimum absolute atomic E-state index is 0.487. The quantitative estimate of drug-likeness (QED) is 0.721. The molecule has 0 saturated carbocycles. The van der Waals surface area contributed by atoms with Crippen LogP contribution in [0.1, 0.15) is 0 Å². The topological polar surface area (TPSA) is 29.0 Å². The van der Waals surface area contributed by atoms with Crippen LogP contribution in [0.4, 0.5) is 5.82 Å². The number of halogens is 1. The van der Waals surface area contributed by atoms with Gasteiger partial charge in [-0.2, -0.15) is 11.8 Å². The molecule has 0 bridgehead atoms. The van der Waals surface area contributed by atoms with Crippen LogP contribution in [0.5, 0.6) is 0 Å². The number of hydrogen-bond acceptors (Lipinski definition) is 4. The van der Waals surface area contributed by atoms with E-state index >= 15 is 0 Å². The fraction of sp³-hybridized carbons (Fsp3) is 0.500. The summed E-state index contributed by atoms with van der Waals surface area (Å²) in [5.74, 6) is 1.95. The predicted octanol–water partition coefficient (Wildman–Crippen LogP) is 1.93. The number of nitrogens with zero attached hydrogens (tertiary/aromatic N) is 3. The maximum atomic E-state index is 5.74. The number of hydrogen-bond donors (Lipinski definition) is 0. The average Bonchev–Trinajstić information content (AvgIpc) is 2.14. The van der Waals surface area contributed by atoms with Crippen molar-refractivity contribution in [1.82, 2.24) is 9.97 Å². The predicted molar refractivity (Wildman–Crippen MR) is 58.7 cm³/mol. The van der Waals surface area contributed by atoms with E-state index in [-0.39, 0.29) is 0 Å². The van der Waals surface area contributed by atoms with Gasteiger partial charge in [0, 0.05) is 25.4 Å². The highest BCUT2D eigenvalue weighted by atomic mass is 35.5. The first kappa shape index (κ1) is 10.6. The average molecular weight is 218 g/mol. The summed E-state index contributed by atoms with van der Waals surface area (Å²) in [4.78, 5) is 10.00. The first-order valence-electron chi connectivity index (χ1n) is 3.91. The van der Waals surface area contributed by atoms with Crippen molar-refractivity contribution in [2.45, 2.75) is 0 Å². The summed E-state index contributed by atoms with van der Waals surface area (Å²) in [6.07, 6.45) is 3.56. The SMILES string of the molecule is CSCCN(C)c1cc(Cl)ncn1. The number of anilines is 1. The third kappa shape index (κ3) is 3.40. The Hall–Kier alpha value is -0.480. The Labute approximate surface area is 87.5 Å². The first-order chi connectivity index (χ1) is 6.24. The molecule has 1 aromatic heterocycles. The van der Waals surface area contributed by atoms with Crippen molar-refractivity contribution in [3.8, 4) is 0 Å². The Kier molecular flexibility index (Phi) is 4.32. The lowest BCUT2D eigenvalue weighted by atomic mass is 10.5. The summed E-state index contributed by atoms with van der Waals surface area (Å²) >= 11 is 7.55. The van der Waals surface area contributed by atoms with E-state index in [0.29, 0.717) is 5.15 Å². The van der Waals surface area contributed by atoms with Crippen LogP contribution in [0.2, 0.25) is 5.15 Å². The zero-order chi connectivity index (χ0) is 9.68.